The van der Waals surface area contributed by atoms with Crippen molar-refractivity contribution in [1.29, 1.82) is 5.26 Å². The standard InChI is InChI=1S/C13H13N3O5/c1-15(11-7-21-6-9(11)13(17)18)10-4-2-3-8(5-14)12(10)16(19)20/h2-4,9,11H,6-7H2,1H3,(H,17,18). The fraction of sp³-hybridized carbons (Fsp3) is 0.385. The lowest BCUT2D eigenvalue weighted by Crippen LogP contribution is -2.41. The molecule has 2 atom stereocenters. The minimum Gasteiger partial charge on any atom is -0.481 e. The van der Waals surface area contributed by atoms with Gasteiger partial charge in [-0.05, 0) is 12.1 Å². The normalized spacial score (nSPS) is 20.8. The lowest BCUT2D eigenvalue weighted by atomic mass is 10.0. The second-order valence-electron chi connectivity index (χ2n) is 4.70. The largest absolute Gasteiger partial charge is 0.481 e. The maximum Gasteiger partial charge on any atom is 0.311 e. The summed E-state index contributed by atoms with van der Waals surface area (Å²) in [4.78, 5) is 23.3. The van der Waals surface area contributed by atoms with Crippen LogP contribution in [0.2, 0.25) is 0 Å². The van der Waals surface area contributed by atoms with E-state index in [1.807, 2.05) is 0 Å². The molecule has 2 unspecified atom stereocenters. The average Bonchev–Trinajstić information content (AvgIpc) is 2.95. The van der Waals surface area contributed by atoms with Gasteiger partial charge in [-0.3, -0.25) is 14.9 Å². The molecule has 21 heavy (non-hydrogen) atoms. The number of carboxylic acid groups (broad SMARTS) is 1. The van der Waals surface area contributed by atoms with Crippen LogP contribution in [0.4, 0.5) is 11.4 Å². The maximum atomic E-state index is 11.2. The van der Waals surface area contributed by atoms with Crippen molar-refractivity contribution in [2.75, 3.05) is 25.2 Å². The van der Waals surface area contributed by atoms with Crippen LogP contribution in [0, 0.1) is 27.4 Å². The summed E-state index contributed by atoms with van der Waals surface area (Å²) in [7, 11) is 1.57. The first-order valence-corrected chi connectivity index (χ1v) is 6.18. The Morgan fingerprint density at radius 2 is 2.29 bits per heavy atom. The summed E-state index contributed by atoms with van der Waals surface area (Å²) in [5.41, 5.74) is -0.172. The molecule has 0 bridgehead atoms. The zero-order valence-electron chi connectivity index (χ0n) is 11.2. The van der Waals surface area contributed by atoms with E-state index in [1.54, 1.807) is 13.1 Å². The van der Waals surface area contributed by atoms with Gasteiger partial charge in [0.25, 0.3) is 0 Å². The molecule has 0 spiro atoms. The molecule has 1 aliphatic rings. The van der Waals surface area contributed by atoms with Gasteiger partial charge in [0, 0.05) is 7.05 Å². The smallest absolute Gasteiger partial charge is 0.311 e. The van der Waals surface area contributed by atoms with E-state index >= 15 is 0 Å². The Bertz CT molecular complexity index is 625. The van der Waals surface area contributed by atoms with Crippen LogP contribution >= 0.6 is 0 Å². The highest BCUT2D eigenvalue weighted by molar-refractivity contribution is 5.75. The Kier molecular flexibility index (Phi) is 4.05. The first-order chi connectivity index (χ1) is 9.97. The Morgan fingerprint density at radius 3 is 2.86 bits per heavy atom. The molecule has 1 fully saturated rings. The van der Waals surface area contributed by atoms with E-state index in [4.69, 9.17) is 15.1 Å². The fourth-order valence-corrected chi connectivity index (χ4v) is 2.44. The Hall–Kier alpha value is -2.66. The molecule has 0 aliphatic carbocycles. The molecular weight excluding hydrogens is 278 g/mol. The number of aliphatic carboxylic acids is 1. The first-order valence-electron chi connectivity index (χ1n) is 6.18. The van der Waals surface area contributed by atoms with Crippen molar-refractivity contribution in [3.63, 3.8) is 0 Å². The van der Waals surface area contributed by atoms with Crippen molar-refractivity contribution in [1.82, 2.24) is 0 Å². The molecule has 8 nitrogen and oxygen atoms in total. The van der Waals surface area contributed by atoms with Crippen molar-refractivity contribution in [3.05, 3.63) is 33.9 Å². The number of nitriles is 1. The Balaban J connectivity index is 2.44. The number of para-hydroxylation sites is 1. The van der Waals surface area contributed by atoms with Crippen LogP contribution in [0.3, 0.4) is 0 Å². The van der Waals surface area contributed by atoms with Gasteiger partial charge >= 0.3 is 11.7 Å². The van der Waals surface area contributed by atoms with Gasteiger partial charge in [0.1, 0.15) is 23.2 Å². The van der Waals surface area contributed by atoms with Crippen molar-refractivity contribution >= 4 is 17.3 Å². The van der Waals surface area contributed by atoms with Crippen LogP contribution in [0.25, 0.3) is 0 Å². The van der Waals surface area contributed by atoms with Gasteiger partial charge in [-0.1, -0.05) is 6.07 Å². The summed E-state index contributed by atoms with van der Waals surface area (Å²) in [6, 6.07) is 5.65. The predicted molar refractivity (Wildman–Crippen MR) is 71.9 cm³/mol. The van der Waals surface area contributed by atoms with Crippen LogP contribution in [-0.2, 0) is 9.53 Å². The van der Waals surface area contributed by atoms with Crippen molar-refractivity contribution in [3.8, 4) is 6.07 Å². The highest BCUT2D eigenvalue weighted by atomic mass is 16.6. The molecule has 0 saturated carbocycles. The van der Waals surface area contributed by atoms with Crippen LogP contribution in [0.1, 0.15) is 5.56 Å². The number of nitro groups is 1. The van der Waals surface area contributed by atoms with Crippen LogP contribution in [0.15, 0.2) is 18.2 Å². The van der Waals surface area contributed by atoms with E-state index in [0.29, 0.717) is 0 Å². The number of carboxylic acids is 1. The van der Waals surface area contributed by atoms with Crippen LogP contribution in [0.5, 0.6) is 0 Å². The monoisotopic (exact) mass is 291 g/mol. The summed E-state index contributed by atoms with van der Waals surface area (Å²) < 4.78 is 5.17. The Labute approximate surface area is 120 Å². The molecule has 0 radical (unpaired) electrons. The summed E-state index contributed by atoms with van der Waals surface area (Å²) >= 11 is 0. The van der Waals surface area contributed by atoms with E-state index in [2.05, 4.69) is 0 Å². The topological polar surface area (TPSA) is 117 Å². The van der Waals surface area contributed by atoms with E-state index in [-0.39, 0.29) is 30.2 Å². The van der Waals surface area contributed by atoms with Gasteiger partial charge in [-0.15, -0.1) is 0 Å². The number of nitro benzene ring substituents is 1. The number of carbonyl (C=O) groups is 1. The highest BCUT2D eigenvalue weighted by Gasteiger charge is 2.38. The van der Waals surface area contributed by atoms with Gasteiger partial charge in [-0.25, -0.2) is 0 Å². The lowest BCUT2D eigenvalue weighted by molar-refractivity contribution is -0.384. The summed E-state index contributed by atoms with van der Waals surface area (Å²) in [5.74, 6) is -1.77. The number of nitrogens with zero attached hydrogens (tertiary/aromatic N) is 3. The molecule has 0 amide bonds. The molecule has 2 rings (SSSR count). The zero-order chi connectivity index (χ0) is 15.6. The number of hydrogen-bond donors (Lipinski definition) is 1. The van der Waals surface area contributed by atoms with Crippen molar-refractivity contribution in [2.45, 2.75) is 6.04 Å². The molecule has 110 valence electrons. The molecule has 1 saturated heterocycles. The van der Waals surface area contributed by atoms with Crippen molar-refractivity contribution < 1.29 is 19.6 Å². The van der Waals surface area contributed by atoms with Gasteiger partial charge in [0.2, 0.25) is 0 Å². The third kappa shape index (κ3) is 2.64. The minimum atomic E-state index is -1.01. The number of anilines is 1. The van der Waals surface area contributed by atoms with Crippen molar-refractivity contribution in [2.24, 2.45) is 5.92 Å². The molecule has 1 N–H and O–H groups in total. The van der Waals surface area contributed by atoms with Gasteiger partial charge in [0.05, 0.1) is 24.2 Å². The van der Waals surface area contributed by atoms with Gasteiger partial charge in [0.15, 0.2) is 0 Å². The molecule has 1 aromatic rings. The molecule has 8 heteroatoms. The number of benzene rings is 1. The van der Waals surface area contributed by atoms with E-state index in [0.717, 1.165) is 0 Å². The lowest BCUT2D eigenvalue weighted by Gasteiger charge is -2.28. The number of hydrogen-bond acceptors (Lipinski definition) is 6. The summed E-state index contributed by atoms with van der Waals surface area (Å²) in [6.07, 6.45) is 0. The second-order valence-corrected chi connectivity index (χ2v) is 4.70. The molecular formula is C13H13N3O5. The number of rotatable bonds is 4. The third-order valence-electron chi connectivity index (χ3n) is 3.56. The highest BCUT2D eigenvalue weighted by Crippen LogP contribution is 2.34. The molecule has 0 aromatic heterocycles. The summed E-state index contributed by atoms with van der Waals surface area (Å²) in [6.45, 7) is 0.234. The zero-order valence-corrected chi connectivity index (χ0v) is 11.2. The quantitative estimate of drug-likeness (QED) is 0.649. The SMILES string of the molecule is CN(c1cccc(C#N)c1[N+](=O)[O-])C1COCC1C(=O)O. The van der Waals surface area contributed by atoms with Crippen LogP contribution < -0.4 is 4.90 Å². The minimum absolute atomic E-state index is 0.0601. The fourth-order valence-electron chi connectivity index (χ4n) is 2.44. The number of likely N-dealkylation sites (N-methyl/N-ethyl adjacent to an activating group) is 1. The van der Waals surface area contributed by atoms with Crippen LogP contribution in [-0.4, -0.2) is 42.3 Å². The molecule has 1 heterocycles. The van der Waals surface area contributed by atoms with Gasteiger partial charge in [-0.2, -0.15) is 5.26 Å². The number of ether oxygens (including phenoxy) is 1. The van der Waals surface area contributed by atoms with Gasteiger partial charge < -0.3 is 14.7 Å². The first kappa shape index (κ1) is 14.7. The predicted octanol–water partition coefficient (Wildman–Crippen LogP) is 1.00. The molecule has 1 aromatic carbocycles. The Morgan fingerprint density at radius 1 is 1.57 bits per heavy atom. The maximum absolute atomic E-state index is 11.2. The molecule has 1 aliphatic heterocycles. The third-order valence-corrected chi connectivity index (χ3v) is 3.56. The summed E-state index contributed by atoms with van der Waals surface area (Å²) in [5, 5.41) is 29.4. The van der Waals surface area contributed by atoms with E-state index in [9.17, 15) is 14.9 Å². The van der Waals surface area contributed by atoms with E-state index in [1.165, 1.54) is 23.1 Å². The second kappa shape index (κ2) is 5.76. The van der Waals surface area contributed by atoms with E-state index < -0.39 is 22.9 Å². The average molecular weight is 291 g/mol.